The molecule has 4 heteroatoms. The van der Waals surface area contributed by atoms with Gasteiger partial charge in [0.2, 0.25) is 0 Å². The van der Waals surface area contributed by atoms with E-state index in [1.807, 2.05) is 18.2 Å². The lowest BCUT2D eigenvalue weighted by Crippen LogP contribution is -2.10. The van der Waals surface area contributed by atoms with Crippen LogP contribution in [0, 0.1) is 5.92 Å². The number of rotatable bonds is 3. The van der Waals surface area contributed by atoms with Crippen LogP contribution >= 0.6 is 0 Å². The van der Waals surface area contributed by atoms with Gasteiger partial charge in [-0.3, -0.25) is 4.98 Å². The number of benzene rings is 1. The first-order chi connectivity index (χ1) is 9.58. The van der Waals surface area contributed by atoms with Crippen LogP contribution in [0.25, 0.3) is 21.9 Å². The molecule has 2 aromatic heterocycles. The standard InChI is InChI=1S/C16H19N3O/c1-10(2)9-19-15-12-6-4-5-7-13(12)17-8-14(15)18-16(19)11(3)20/h4-8,10-11,20H,9H2,1-3H3. The van der Waals surface area contributed by atoms with Crippen molar-refractivity contribution in [2.45, 2.75) is 33.4 Å². The molecular formula is C16H19N3O. The quantitative estimate of drug-likeness (QED) is 0.793. The number of para-hydroxylation sites is 1. The average Bonchev–Trinajstić information content (AvgIpc) is 2.77. The van der Waals surface area contributed by atoms with Crippen LogP contribution in [0.3, 0.4) is 0 Å². The molecular weight excluding hydrogens is 250 g/mol. The van der Waals surface area contributed by atoms with Crippen molar-refractivity contribution in [3.8, 4) is 0 Å². The Hall–Kier alpha value is -1.94. The minimum atomic E-state index is -0.583. The van der Waals surface area contributed by atoms with Gasteiger partial charge in [-0.15, -0.1) is 0 Å². The van der Waals surface area contributed by atoms with E-state index in [1.54, 1.807) is 13.1 Å². The summed E-state index contributed by atoms with van der Waals surface area (Å²) in [4.78, 5) is 9.01. The molecule has 104 valence electrons. The van der Waals surface area contributed by atoms with E-state index in [2.05, 4.69) is 34.4 Å². The van der Waals surface area contributed by atoms with E-state index in [0.29, 0.717) is 11.7 Å². The maximum atomic E-state index is 9.99. The summed E-state index contributed by atoms with van der Waals surface area (Å²) in [6.45, 7) is 6.93. The second kappa shape index (κ2) is 4.87. The molecule has 3 rings (SSSR count). The highest BCUT2D eigenvalue weighted by Crippen LogP contribution is 2.27. The Kier molecular flexibility index (Phi) is 3.18. The van der Waals surface area contributed by atoms with Crippen molar-refractivity contribution in [2.75, 3.05) is 0 Å². The molecule has 0 aliphatic carbocycles. The third-order valence-electron chi connectivity index (χ3n) is 3.43. The fourth-order valence-electron chi connectivity index (χ4n) is 2.65. The molecule has 0 bridgehead atoms. The molecule has 1 unspecified atom stereocenters. The van der Waals surface area contributed by atoms with Crippen LogP contribution in [-0.2, 0) is 6.54 Å². The number of nitrogens with zero attached hydrogens (tertiary/aromatic N) is 3. The average molecular weight is 269 g/mol. The van der Waals surface area contributed by atoms with Crippen LogP contribution in [0.5, 0.6) is 0 Å². The first-order valence-electron chi connectivity index (χ1n) is 7.00. The highest BCUT2D eigenvalue weighted by atomic mass is 16.3. The fraction of sp³-hybridized carbons (Fsp3) is 0.375. The van der Waals surface area contributed by atoms with Gasteiger partial charge in [0, 0.05) is 11.9 Å². The molecule has 2 heterocycles. The number of hydrogen-bond donors (Lipinski definition) is 1. The van der Waals surface area contributed by atoms with Crippen LogP contribution in [0.15, 0.2) is 30.5 Å². The lowest BCUT2D eigenvalue weighted by atomic mass is 10.1. The highest BCUT2D eigenvalue weighted by molar-refractivity contribution is 6.02. The Morgan fingerprint density at radius 2 is 1.90 bits per heavy atom. The number of hydrogen-bond acceptors (Lipinski definition) is 3. The maximum absolute atomic E-state index is 9.99. The molecule has 0 spiro atoms. The number of pyridine rings is 1. The van der Waals surface area contributed by atoms with E-state index in [-0.39, 0.29) is 0 Å². The van der Waals surface area contributed by atoms with Crippen LogP contribution in [-0.4, -0.2) is 19.6 Å². The number of imidazole rings is 1. The minimum absolute atomic E-state index is 0.483. The number of aromatic nitrogens is 3. The Balaban J connectivity index is 2.39. The third kappa shape index (κ3) is 2.06. The van der Waals surface area contributed by atoms with Gasteiger partial charge in [0.25, 0.3) is 0 Å². The number of fused-ring (bicyclic) bond motifs is 3. The summed E-state index contributed by atoms with van der Waals surface area (Å²) in [6, 6.07) is 8.07. The first-order valence-corrected chi connectivity index (χ1v) is 7.00. The largest absolute Gasteiger partial charge is 0.385 e. The Morgan fingerprint density at radius 3 is 2.60 bits per heavy atom. The zero-order chi connectivity index (χ0) is 14.3. The lowest BCUT2D eigenvalue weighted by Gasteiger charge is -2.14. The zero-order valence-electron chi connectivity index (χ0n) is 12.0. The van der Waals surface area contributed by atoms with Crippen molar-refractivity contribution in [1.82, 2.24) is 14.5 Å². The molecule has 1 atom stereocenters. The Morgan fingerprint density at radius 1 is 1.15 bits per heavy atom. The first kappa shape index (κ1) is 13.1. The zero-order valence-corrected chi connectivity index (χ0v) is 12.0. The van der Waals surface area contributed by atoms with Crippen LogP contribution in [0.4, 0.5) is 0 Å². The predicted octanol–water partition coefficient (Wildman–Crippen LogP) is 3.29. The van der Waals surface area contributed by atoms with Gasteiger partial charge in [-0.05, 0) is 18.9 Å². The molecule has 0 saturated carbocycles. The monoisotopic (exact) mass is 269 g/mol. The molecule has 0 amide bonds. The fourth-order valence-corrected chi connectivity index (χ4v) is 2.65. The van der Waals surface area contributed by atoms with Crippen LogP contribution in [0.2, 0.25) is 0 Å². The highest BCUT2D eigenvalue weighted by Gasteiger charge is 2.17. The summed E-state index contributed by atoms with van der Waals surface area (Å²) < 4.78 is 2.13. The third-order valence-corrected chi connectivity index (χ3v) is 3.43. The molecule has 3 aromatic rings. The summed E-state index contributed by atoms with van der Waals surface area (Å²) in [5.74, 6) is 1.20. The smallest absolute Gasteiger partial charge is 0.138 e. The molecule has 0 radical (unpaired) electrons. The van der Waals surface area contributed by atoms with Crippen molar-refractivity contribution >= 4 is 21.9 Å². The molecule has 1 aromatic carbocycles. The number of aliphatic hydroxyl groups is 1. The maximum Gasteiger partial charge on any atom is 0.138 e. The number of aliphatic hydroxyl groups excluding tert-OH is 1. The topological polar surface area (TPSA) is 50.9 Å². The van der Waals surface area contributed by atoms with Crippen LogP contribution < -0.4 is 0 Å². The van der Waals surface area contributed by atoms with E-state index in [9.17, 15) is 5.11 Å². The minimum Gasteiger partial charge on any atom is -0.385 e. The molecule has 4 nitrogen and oxygen atoms in total. The lowest BCUT2D eigenvalue weighted by molar-refractivity contribution is 0.183. The van der Waals surface area contributed by atoms with Crippen molar-refractivity contribution in [2.24, 2.45) is 5.92 Å². The summed E-state index contributed by atoms with van der Waals surface area (Å²) >= 11 is 0. The van der Waals surface area contributed by atoms with Gasteiger partial charge in [0.1, 0.15) is 17.4 Å². The molecule has 0 fully saturated rings. The van der Waals surface area contributed by atoms with Crippen molar-refractivity contribution < 1.29 is 5.11 Å². The Labute approximate surface area is 118 Å². The van der Waals surface area contributed by atoms with Gasteiger partial charge in [-0.2, -0.15) is 0 Å². The van der Waals surface area contributed by atoms with E-state index in [4.69, 9.17) is 0 Å². The van der Waals surface area contributed by atoms with Gasteiger partial charge < -0.3 is 9.67 Å². The Bertz CT molecular complexity index is 759. The van der Waals surface area contributed by atoms with Gasteiger partial charge in [0.05, 0.1) is 17.2 Å². The summed E-state index contributed by atoms with van der Waals surface area (Å²) in [5, 5.41) is 11.1. The van der Waals surface area contributed by atoms with Crippen molar-refractivity contribution in [3.05, 3.63) is 36.3 Å². The molecule has 20 heavy (non-hydrogen) atoms. The normalized spacial score (nSPS) is 13.4. The van der Waals surface area contributed by atoms with E-state index in [1.165, 1.54) is 0 Å². The van der Waals surface area contributed by atoms with E-state index >= 15 is 0 Å². The van der Waals surface area contributed by atoms with Gasteiger partial charge in [-0.1, -0.05) is 32.0 Å². The molecule has 0 saturated heterocycles. The molecule has 0 aliphatic heterocycles. The van der Waals surface area contributed by atoms with Gasteiger partial charge >= 0.3 is 0 Å². The summed E-state index contributed by atoms with van der Waals surface area (Å²) in [5.41, 5.74) is 2.88. The second-order valence-corrected chi connectivity index (χ2v) is 5.66. The van der Waals surface area contributed by atoms with Crippen LogP contribution in [0.1, 0.15) is 32.7 Å². The van der Waals surface area contributed by atoms with Crippen molar-refractivity contribution in [1.29, 1.82) is 0 Å². The van der Waals surface area contributed by atoms with Gasteiger partial charge in [0.15, 0.2) is 0 Å². The van der Waals surface area contributed by atoms with E-state index in [0.717, 1.165) is 28.5 Å². The predicted molar refractivity (Wildman–Crippen MR) is 80.5 cm³/mol. The molecule has 1 N–H and O–H groups in total. The summed E-state index contributed by atoms with van der Waals surface area (Å²) in [7, 11) is 0. The van der Waals surface area contributed by atoms with Crippen molar-refractivity contribution in [3.63, 3.8) is 0 Å². The second-order valence-electron chi connectivity index (χ2n) is 5.66. The summed E-state index contributed by atoms with van der Waals surface area (Å²) in [6.07, 6.45) is 1.21. The van der Waals surface area contributed by atoms with Gasteiger partial charge in [-0.25, -0.2) is 4.98 Å². The molecule has 0 aliphatic rings. The SMILES string of the molecule is CC(C)Cn1c(C(C)O)nc2cnc3ccccc3c21. The van der Waals surface area contributed by atoms with E-state index < -0.39 is 6.10 Å².